The van der Waals surface area contributed by atoms with Crippen LogP contribution in [0.25, 0.3) is 0 Å². The van der Waals surface area contributed by atoms with E-state index in [1.54, 1.807) is 24.3 Å². The minimum atomic E-state index is -0.886. The van der Waals surface area contributed by atoms with Gasteiger partial charge in [0.25, 0.3) is 0 Å². The maximum Gasteiger partial charge on any atom is 0.337 e. The highest BCUT2D eigenvalue weighted by Gasteiger charge is 2.22. The summed E-state index contributed by atoms with van der Waals surface area (Å²) in [5, 5.41) is 2.65. The summed E-state index contributed by atoms with van der Waals surface area (Å²) in [6, 6.07) is 24.7. The van der Waals surface area contributed by atoms with Crippen molar-refractivity contribution in [2.75, 3.05) is 20.3 Å². The summed E-state index contributed by atoms with van der Waals surface area (Å²) in [6.45, 7) is 0.227. The van der Waals surface area contributed by atoms with Crippen molar-refractivity contribution < 1.29 is 33.3 Å². The third-order valence-corrected chi connectivity index (χ3v) is 5.09. The number of carbonyl (C=O) groups is 3. The Morgan fingerprint density at radius 2 is 1.28 bits per heavy atom. The number of ether oxygens (including phenoxy) is 4. The van der Waals surface area contributed by atoms with Gasteiger partial charge in [-0.15, -0.1) is 0 Å². The molecule has 188 valence electrons. The van der Waals surface area contributed by atoms with Crippen LogP contribution in [0.5, 0.6) is 5.75 Å². The van der Waals surface area contributed by atoms with Crippen molar-refractivity contribution in [1.82, 2.24) is 5.32 Å². The Bertz CT molecular complexity index is 1100. The molecule has 0 heterocycles. The number of amides is 1. The maximum atomic E-state index is 12.3. The molecule has 36 heavy (non-hydrogen) atoms. The number of carbonyl (C=O) groups excluding carboxylic acids is 3. The Hall–Kier alpha value is -4.01. The standard InChI is InChI=1S/C28H29NO7/c1-33-28(32)25(29-26(30)19-34-17-22-8-4-2-5-9-22)16-21-12-14-24(15-13-21)36-27(31)20-35-18-23-10-6-3-7-11-23/h2-15,25H,16-20H2,1H3,(H,29,30). The van der Waals surface area contributed by atoms with E-state index in [0.717, 1.165) is 16.7 Å². The zero-order valence-corrected chi connectivity index (χ0v) is 20.1. The van der Waals surface area contributed by atoms with E-state index in [2.05, 4.69) is 5.32 Å². The van der Waals surface area contributed by atoms with Gasteiger partial charge in [0.2, 0.25) is 5.91 Å². The first-order valence-electron chi connectivity index (χ1n) is 11.4. The summed E-state index contributed by atoms with van der Waals surface area (Å²) in [5.74, 6) is -1.17. The van der Waals surface area contributed by atoms with Gasteiger partial charge < -0.3 is 24.3 Å². The monoisotopic (exact) mass is 491 g/mol. The molecular weight excluding hydrogens is 462 g/mol. The molecule has 0 aliphatic carbocycles. The summed E-state index contributed by atoms with van der Waals surface area (Å²) < 4.78 is 20.9. The average molecular weight is 492 g/mol. The molecule has 0 saturated heterocycles. The van der Waals surface area contributed by atoms with Crippen molar-refractivity contribution in [3.63, 3.8) is 0 Å². The van der Waals surface area contributed by atoms with E-state index in [-0.39, 0.29) is 26.2 Å². The predicted octanol–water partition coefficient (Wildman–Crippen LogP) is 3.23. The topological polar surface area (TPSA) is 100 Å². The first-order chi connectivity index (χ1) is 17.5. The Labute approximate surface area is 210 Å². The average Bonchev–Trinajstić information content (AvgIpc) is 2.90. The van der Waals surface area contributed by atoms with Crippen LogP contribution in [0.15, 0.2) is 84.9 Å². The van der Waals surface area contributed by atoms with Gasteiger partial charge in [0, 0.05) is 6.42 Å². The first-order valence-corrected chi connectivity index (χ1v) is 11.4. The summed E-state index contributed by atoms with van der Waals surface area (Å²) in [6.07, 6.45) is 0.200. The number of nitrogens with one attached hydrogen (secondary N) is 1. The summed E-state index contributed by atoms with van der Waals surface area (Å²) >= 11 is 0. The minimum absolute atomic E-state index is 0.181. The number of methoxy groups -OCH3 is 1. The van der Waals surface area contributed by atoms with Crippen molar-refractivity contribution in [3.05, 3.63) is 102 Å². The van der Waals surface area contributed by atoms with Crippen LogP contribution in [-0.4, -0.2) is 44.2 Å². The lowest BCUT2D eigenvalue weighted by Gasteiger charge is -2.17. The van der Waals surface area contributed by atoms with Gasteiger partial charge in [-0.3, -0.25) is 4.79 Å². The van der Waals surface area contributed by atoms with Crippen LogP contribution in [-0.2, 0) is 48.2 Å². The van der Waals surface area contributed by atoms with E-state index >= 15 is 0 Å². The first kappa shape index (κ1) is 26.6. The number of hydrogen-bond acceptors (Lipinski definition) is 7. The molecule has 0 radical (unpaired) electrons. The fourth-order valence-electron chi connectivity index (χ4n) is 3.32. The third kappa shape index (κ3) is 9.32. The van der Waals surface area contributed by atoms with Crippen LogP contribution < -0.4 is 10.1 Å². The van der Waals surface area contributed by atoms with E-state index in [4.69, 9.17) is 18.9 Å². The fourth-order valence-corrected chi connectivity index (χ4v) is 3.32. The van der Waals surface area contributed by atoms with Crippen LogP contribution >= 0.6 is 0 Å². The van der Waals surface area contributed by atoms with E-state index in [1.807, 2.05) is 60.7 Å². The second-order valence-corrected chi connectivity index (χ2v) is 7.92. The summed E-state index contributed by atoms with van der Waals surface area (Å²) in [5.41, 5.74) is 2.65. The summed E-state index contributed by atoms with van der Waals surface area (Å²) in [4.78, 5) is 36.5. The molecule has 0 spiro atoms. The molecule has 0 fully saturated rings. The van der Waals surface area contributed by atoms with Gasteiger partial charge in [0.05, 0.1) is 20.3 Å². The van der Waals surface area contributed by atoms with Crippen molar-refractivity contribution >= 4 is 17.8 Å². The van der Waals surface area contributed by atoms with Gasteiger partial charge in [-0.05, 0) is 28.8 Å². The lowest BCUT2D eigenvalue weighted by Crippen LogP contribution is -2.44. The zero-order valence-electron chi connectivity index (χ0n) is 20.1. The van der Waals surface area contributed by atoms with Crippen LogP contribution in [0.4, 0.5) is 0 Å². The molecule has 3 aromatic rings. The van der Waals surface area contributed by atoms with Gasteiger partial charge in [-0.2, -0.15) is 0 Å². The third-order valence-electron chi connectivity index (χ3n) is 5.09. The predicted molar refractivity (Wildman–Crippen MR) is 132 cm³/mol. The maximum absolute atomic E-state index is 12.3. The molecule has 0 aromatic heterocycles. The largest absolute Gasteiger partial charge is 0.467 e. The number of hydrogen-bond donors (Lipinski definition) is 1. The van der Waals surface area contributed by atoms with Crippen molar-refractivity contribution in [2.45, 2.75) is 25.7 Å². The van der Waals surface area contributed by atoms with Crippen LogP contribution in [0.2, 0.25) is 0 Å². The molecule has 1 N–H and O–H groups in total. The van der Waals surface area contributed by atoms with Gasteiger partial charge in [0.15, 0.2) is 0 Å². The van der Waals surface area contributed by atoms with Crippen molar-refractivity contribution in [2.24, 2.45) is 0 Å². The van der Waals surface area contributed by atoms with Crippen LogP contribution in [0.3, 0.4) is 0 Å². The number of benzene rings is 3. The second kappa shape index (κ2) is 14.4. The normalized spacial score (nSPS) is 11.4. The second-order valence-electron chi connectivity index (χ2n) is 7.92. The quantitative estimate of drug-likeness (QED) is 0.289. The Morgan fingerprint density at radius 1 is 0.722 bits per heavy atom. The summed E-state index contributed by atoms with van der Waals surface area (Å²) in [7, 11) is 1.26. The molecule has 1 amide bonds. The molecule has 3 aromatic carbocycles. The smallest absolute Gasteiger partial charge is 0.337 e. The van der Waals surface area contributed by atoms with Gasteiger partial charge in [-0.1, -0.05) is 72.8 Å². The lowest BCUT2D eigenvalue weighted by atomic mass is 10.1. The van der Waals surface area contributed by atoms with E-state index < -0.39 is 23.9 Å². The number of esters is 2. The SMILES string of the molecule is COC(=O)C(Cc1ccc(OC(=O)COCc2ccccc2)cc1)NC(=O)COCc1ccccc1. The molecule has 0 aliphatic rings. The fraction of sp³-hybridized carbons (Fsp3) is 0.250. The molecular formula is C28H29NO7. The van der Waals surface area contributed by atoms with E-state index in [1.165, 1.54) is 7.11 Å². The van der Waals surface area contributed by atoms with Crippen molar-refractivity contribution in [1.29, 1.82) is 0 Å². The molecule has 0 aliphatic heterocycles. The molecule has 8 nitrogen and oxygen atoms in total. The van der Waals surface area contributed by atoms with Crippen molar-refractivity contribution in [3.8, 4) is 5.75 Å². The Kier molecular flexibility index (Phi) is 10.6. The zero-order chi connectivity index (χ0) is 25.6. The van der Waals surface area contributed by atoms with Crippen LogP contribution in [0.1, 0.15) is 16.7 Å². The van der Waals surface area contributed by atoms with Gasteiger partial charge in [-0.25, -0.2) is 9.59 Å². The molecule has 0 bridgehead atoms. The van der Waals surface area contributed by atoms with E-state index in [0.29, 0.717) is 12.4 Å². The highest BCUT2D eigenvalue weighted by atomic mass is 16.6. The van der Waals surface area contributed by atoms with E-state index in [9.17, 15) is 14.4 Å². The lowest BCUT2D eigenvalue weighted by molar-refractivity contribution is -0.145. The Balaban J connectivity index is 1.44. The van der Waals surface area contributed by atoms with Gasteiger partial charge in [0.1, 0.15) is 25.0 Å². The highest BCUT2D eigenvalue weighted by molar-refractivity contribution is 5.85. The molecule has 0 saturated carbocycles. The number of rotatable bonds is 13. The highest BCUT2D eigenvalue weighted by Crippen LogP contribution is 2.14. The molecule has 1 atom stereocenters. The minimum Gasteiger partial charge on any atom is -0.467 e. The molecule has 8 heteroatoms. The Morgan fingerprint density at radius 3 is 1.83 bits per heavy atom. The van der Waals surface area contributed by atoms with Gasteiger partial charge >= 0.3 is 11.9 Å². The molecule has 3 rings (SSSR count). The molecule has 1 unspecified atom stereocenters. The van der Waals surface area contributed by atoms with Crippen LogP contribution in [0, 0.1) is 0 Å².